The van der Waals surface area contributed by atoms with E-state index in [1.165, 1.54) is 16.8 Å². The van der Waals surface area contributed by atoms with Crippen molar-refractivity contribution in [3.63, 3.8) is 0 Å². The van der Waals surface area contributed by atoms with Gasteiger partial charge in [0.2, 0.25) is 0 Å². The molecule has 1 unspecified atom stereocenters. The summed E-state index contributed by atoms with van der Waals surface area (Å²) in [6.45, 7) is 8.01. The Bertz CT molecular complexity index is 800. The summed E-state index contributed by atoms with van der Waals surface area (Å²) in [6, 6.07) is 16.5. The molecule has 3 rings (SSSR count). The van der Waals surface area contributed by atoms with E-state index in [1.807, 2.05) is 24.3 Å². The summed E-state index contributed by atoms with van der Waals surface area (Å²) in [7, 11) is 0. The molecular weight excluding hydrogens is 338 g/mol. The van der Waals surface area contributed by atoms with Gasteiger partial charge in [-0.2, -0.15) is 5.26 Å². The first-order valence-corrected chi connectivity index (χ1v) is 9.52. The number of para-hydroxylation sites is 2. The molecule has 1 aliphatic heterocycles. The summed E-state index contributed by atoms with van der Waals surface area (Å²) in [6.07, 6.45) is 0.559. The molecule has 2 aromatic rings. The molecular formula is C22H27N3O2. The number of nitrogens with one attached hydrogen (secondary N) is 1. The number of fused-ring (bicyclic) bond motifs is 1. The van der Waals surface area contributed by atoms with Crippen molar-refractivity contribution in [2.75, 3.05) is 31.1 Å². The van der Waals surface area contributed by atoms with Crippen LogP contribution in [0.4, 0.5) is 5.69 Å². The molecule has 0 radical (unpaired) electrons. The fraction of sp³-hybridized carbons (Fsp3) is 0.409. The Hall–Kier alpha value is -2.71. The van der Waals surface area contributed by atoms with Gasteiger partial charge in [0.25, 0.3) is 0 Å². The monoisotopic (exact) mass is 365 g/mol. The molecule has 1 heterocycles. The van der Waals surface area contributed by atoms with Crippen molar-refractivity contribution in [1.29, 1.82) is 5.26 Å². The van der Waals surface area contributed by atoms with Crippen LogP contribution in [0.25, 0.3) is 0 Å². The van der Waals surface area contributed by atoms with Gasteiger partial charge in [-0.1, -0.05) is 18.2 Å². The van der Waals surface area contributed by atoms with E-state index >= 15 is 0 Å². The van der Waals surface area contributed by atoms with Gasteiger partial charge in [0.1, 0.15) is 12.7 Å². The van der Waals surface area contributed by atoms with Crippen molar-refractivity contribution in [3.8, 4) is 17.6 Å². The fourth-order valence-corrected chi connectivity index (χ4v) is 3.26. The van der Waals surface area contributed by atoms with Crippen LogP contribution in [0.1, 0.15) is 24.5 Å². The average molecular weight is 365 g/mol. The molecule has 1 N–H and O–H groups in total. The lowest BCUT2D eigenvalue weighted by molar-refractivity contribution is 0.0902. The van der Waals surface area contributed by atoms with Gasteiger partial charge in [0.15, 0.2) is 11.5 Å². The van der Waals surface area contributed by atoms with Crippen LogP contribution in [0.5, 0.6) is 11.5 Å². The third kappa shape index (κ3) is 4.93. The Kier molecular flexibility index (Phi) is 6.56. The minimum absolute atomic E-state index is 0.0149. The molecule has 0 bridgehead atoms. The largest absolute Gasteiger partial charge is 0.486 e. The summed E-state index contributed by atoms with van der Waals surface area (Å²) in [4.78, 5) is 2.23. The molecule has 0 saturated heterocycles. The van der Waals surface area contributed by atoms with Crippen LogP contribution < -0.4 is 19.7 Å². The van der Waals surface area contributed by atoms with Crippen LogP contribution in [0.2, 0.25) is 0 Å². The second-order valence-electron chi connectivity index (χ2n) is 6.73. The maximum Gasteiger partial charge on any atom is 0.161 e. The van der Waals surface area contributed by atoms with Gasteiger partial charge in [-0.15, -0.1) is 0 Å². The predicted molar refractivity (Wildman–Crippen MR) is 107 cm³/mol. The average Bonchev–Trinajstić information content (AvgIpc) is 2.70. The minimum atomic E-state index is 0.0149. The zero-order chi connectivity index (χ0) is 19.1. The molecule has 0 fully saturated rings. The molecule has 0 spiro atoms. The standard InChI is InChI=1S/C22H27N3O2/c1-3-25(12-6-11-23)19-10-9-18(17(2)13-19)14-24-15-20-16-26-21-7-4-5-8-22(21)27-20/h4-5,7-10,13,20,24H,3,6,12,14-16H2,1-2H3. The lowest BCUT2D eigenvalue weighted by Crippen LogP contribution is -2.38. The number of benzene rings is 2. The summed E-state index contributed by atoms with van der Waals surface area (Å²) in [5, 5.41) is 12.3. The summed E-state index contributed by atoms with van der Waals surface area (Å²) in [5.41, 5.74) is 3.70. The van der Waals surface area contributed by atoms with Gasteiger partial charge in [-0.25, -0.2) is 0 Å². The van der Waals surface area contributed by atoms with Gasteiger partial charge >= 0.3 is 0 Å². The Labute approximate surface area is 161 Å². The minimum Gasteiger partial charge on any atom is -0.486 e. The lowest BCUT2D eigenvalue weighted by atomic mass is 10.1. The van der Waals surface area contributed by atoms with E-state index in [0.717, 1.165) is 37.7 Å². The number of rotatable bonds is 8. The van der Waals surface area contributed by atoms with E-state index in [2.05, 4.69) is 48.3 Å². The molecule has 27 heavy (non-hydrogen) atoms. The molecule has 5 heteroatoms. The van der Waals surface area contributed by atoms with Gasteiger partial charge in [0.05, 0.1) is 12.5 Å². The van der Waals surface area contributed by atoms with Crippen molar-refractivity contribution in [1.82, 2.24) is 5.32 Å². The second-order valence-corrected chi connectivity index (χ2v) is 6.73. The molecule has 0 amide bonds. The fourth-order valence-electron chi connectivity index (χ4n) is 3.26. The number of anilines is 1. The lowest BCUT2D eigenvalue weighted by Gasteiger charge is -2.27. The van der Waals surface area contributed by atoms with Crippen LogP contribution in [0.15, 0.2) is 42.5 Å². The summed E-state index contributed by atoms with van der Waals surface area (Å²) in [5.74, 6) is 1.63. The Balaban J connectivity index is 1.52. The van der Waals surface area contributed by atoms with E-state index in [9.17, 15) is 0 Å². The summed E-state index contributed by atoms with van der Waals surface area (Å²) < 4.78 is 11.7. The Morgan fingerprint density at radius 3 is 2.78 bits per heavy atom. The normalized spacial score (nSPS) is 15.2. The van der Waals surface area contributed by atoms with Crippen molar-refractivity contribution in [2.45, 2.75) is 32.9 Å². The zero-order valence-corrected chi connectivity index (χ0v) is 16.1. The summed E-state index contributed by atoms with van der Waals surface area (Å²) >= 11 is 0. The van der Waals surface area contributed by atoms with Crippen molar-refractivity contribution in [2.24, 2.45) is 0 Å². The number of hydrogen-bond donors (Lipinski definition) is 1. The molecule has 1 aliphatic rings. The van der Waals surface area contributed by atoms with Crippen LogP contribution in [0.3, 0.4) is 0 Å². The molecule has 0 saturated carbocycles. The van der Waals surface area contributed by atoms with E-state index in [0.29, 0.717) is 13.0 Å². The zero-order valence-electron chi connectivity index (χ0n) is 16.1. The van der Waals surface area contributed by atoms with Crippen molar-refractivity contribution in [3.05, 3.63) is 53.6 Å². The number of aryl methyl sites for hydroxylation is 1. The Morgan fingerprint density at radius 1 is 1.22 bits per heavy atom. The smallest absolute Gasteiger partial charge is 0.161 e. The molecule has 1 atom stereocenters. The Morgan fingerprint density at radius 2 is 2.04 bits per heavy atom. The maximum atomic E-state index is 8.81. The predicted octanol–water partition coefficient (Wildman–Crippen LogP) is 3.66. The van der Waals surface area contributed by atoms with Gasteiger partial charge < -0.3 is 19.7 Å². The molecule has 5 nitrogen and oxygen atoms in total. The first-order chi connectivity index (χ1) is 13.2. The van der Waals surface area contributed by atoms with Gasteiger partial charge in [0, 0.05) is 31.9 Å². The van der Waals surface area contributed by atoms with Crippen molar-refractivity contribution < 1.29 is 9.47 Å². The van der Waals surface area contributed by atoms with Gasteiger partial charge in [-0.3, -0.25) is 0 Å². The number of nitriles is 1. The van der Waals surface area contributed by atoms with Crippen LogP contribution >= 0.6 is 0 Å². The molecule has 2 aromatic carbocycles. The second kappa shape index (κ2) is 9.29. The molecule has 0 aliphatic carbocycles. The quantitative estimate of drug-likeness (QED) is 0.774. The number of nitrogens with zero attached hydrogens (tertiary/aromatic N) is 2. The maximum absolute atomic E-state index is 8.81. The first-order valence-electron chi connectivity index (χ1n) is 9.52. The SMILES string of the molecule is CCN(CCC#N)c1ccc(CNCC2COc3ccccc3O2)c(C)c1. The third-order valence-corrected chi connectivity index (χ3v) is 4.82. The highest BCUT2D eigenvalue weighted by atomic mass is 16.6. The van der Waals surface area contributed by atoms with Crippen LogP contribution in [0, 0.1) is 18.3 Å². The third-order valence-electron chi connectivity index (χ3n) is 4.82. The van der Waals surface area contributed by atoms with Crippen molar-refractivity contribution >= 4 is 5.69 Å². The highest BCUT2D eigenvalue weighted by Crippen LogP contribution is 2.30. The van der Waals surface area contributed by atoms with E-state index in [1.54, 1.807) is 0 Å². The first kappa shape index (κ1) is 19.1. The van der Waals surface area contributed by atoms with E-state index in [-0.39, 0.29) is 6.10 Å². The molecule has 0 aromatic heterocycles. The number of ether oxygens (including phenoxy) is 2. The number of hydrogen-bond acceptors (Lipinski definition) is 5. The van der Waals surface area contributed by atoms with Crippen LogP contribution in [-0.4, -0.2) is 32.3 Å². The highest BCUT2D eigenvalue weighted by Gasteiger charge is 2.20. The van der Waals surface area contributed by atoms with Crippen LogP contribution in [-0.2, 0) is 6.54 Å². The topological polar surface area (TPSA) is 57.5 Å². The highest BCUT2D eigenvalue weighted by molar-refractivity contribution is 5.51. The van der Waals surface area contributed by atoms with E-state index < -0.39 is 0 Å². The van der Waals surface area contributed by atoms with Gasteiger partial charge in [-0.05, 0) is 49.2 Å². The van der Waals surface area contributed by atoms with E-state index in [4.69, 9.17) is 14.7 Å². The molecule has 142 valence electrons.